The normalized spacial score (nSPS) is 10.6. The number of aryl methyl sites for hydroxylation is 1. The van der Waals surface area contributed by atoms with E-state index in [4.69, 9.17) is 0 Å². The molecule has 0 fully saturated rings. The third-order valence-corrected chi connectivity index (χ3v) is 5.26. The second-order valence-electron chi connectivity index (χ2n) is 6.62. The number of imide groups is 1. The number of para-hydroxylation sites is 1. The summed E-state index contributed by atoms with van der Waals surface area (Å²) in [5, 5.41) is 5.65. The zero-order valence-electron chi connectivity index (χ0n) is 16.6. The molecule has 0 unspecified atom stereocenters. The molecule has 1 heterocycles. The molecule has 0 aliphatic rings. The lowest BCUT2D eigenvalue weighted by Gasteiger charge is -2.13. The molecule has 3 aromatic rings. The number of thioether (sulfide) groups is 1. The first-order chi connectivity index (χ1) is 14.5. The van der Waals surface area contributed by atoms with Crippen LogP contribution in [0, 0.1) is 6.92 Å². The van der Waals surface area contributed by atoms with E-state index in [9.17, 15) is 14.4 Å². The molecule has 0 bridgehead atoms. The van der Waals surface area contributed by atoms with E-state index in [1.165, 1.54) is 6.08 Å². The minimum absolute atomic E-state index is 0.0554. The van der Waals surface area contributed by atoms with Crippen LogP contribution < -0.4 is 16.2 Å². The molecular weight excluding hydrogens is 400 g/mol. The Kier molecular flexibility index (Phi) is 7.03. The monoisotopic (exact) mass is 422 g/mol. The SMILES string of the molecule is C=CCNC(=O)NC(=O)CSc1nc2ccccc2c(=O)n1Cc1ccc(C)cc1. The zero-order valence-corrected chi connectivity index (χ0v) is 17.4. The number of aromatic nitrogens is 2. The first-order valence-electron chi connectivity index (χ1n) is 9.34. The number of nitrogens with one attached hydrogen (secondary N) is 2. The van der Waals surface area contributed by atoms with E-state index in [-0.39, 0.29) is 17.9 Å². The molecule has 7 nitrogen and oxygen atoms in total. The van der Waals surface area contributed by atoms with Gasteiger partial charge in [0.05, 0.1) is 23.2 Å². The van der Waals surface area contributed by atoms with Crippen LogP contribution in [0.3, 0.4) is 0 Å². The minimum Gasteiger partial charge on any atom is -0.334 e. The van der Waals surface area contributed by atoms with E-state index >= 15 is 0 Å². The van der Waals surface area contributed by atoms with Gasteiger partial charge in [-0.05, 0) is 24.6 Å². The summed E-state index contributed by atoms with van der Waals surface area (Å²) in [6.07, 6.45) is 1.52. The first-order valence-corrected chi connectivity index (χ1v) is 10.3. The maximum Gasteiger partial charge on any atom is 0.321 e. The first kappa shape index (κ1) is 21.3. The van der Waals surface area contributed by atoms with Gasteiger partial charge in [0.25, 0.3) is 5.56 Å². The van der Waals surface area contributed by atoms with Gasteiger partial charge in [0.2, 0.25) is 5.91 Å². The van der Waals surface area contributed by atoms with Gasteiger partial charge in [-0.25, -0.2) is 9.78 Å². The average molecular weight is 423 g/mol. The quantitative estimate of drug-likeness (QED) is 0.347. The molecule has 1 aromatic heterocycles. The summed E-state index contributed by atoms with van der Waals surface area (Å²) < 4.78 is 1.56. The summed E-state index contributed by atoms with van der Waals surface area (Å²) in [5.41, 5.74) is 2.47. The standard InChI is InChI=1S/C22H22N4O3S/c1-3-12-23-21(29)25-19(27)14-30-22-24-18-7-5-4-6-17(18)20(28)26(22)13-16-10-8-15(2)9-11-16/h3-11H,1,12-14H2,2H3,(H2,23,25,27,29). The average Bonchev–Trinajstić information content (AvgIpc) is 2.74. The van der Waals surface area contributed by atoms with Crippen LogP contribution in [0.25, 0.3) is 10.9 Å². The van der Waals surface area contributed by atoms with Crippen LogP contribution in [-0.4, -0.2) is 33.8 Å². The van der Waals surface area contributed by atoms with Crippen LogP contribution in [0.2, 0.25) is 0 Å². The van der Waals surface area contributed by atoms with Crippen molar-refractivity contribution in [3.8, 4) is 0 Å². The molecule has 30 heavy (non-hydrogen) atoms. The van der Waals surface area contributed by atoms with Crippen molar-refractivity contribution < 1.29 is 9.59 Å². The van der Waals surface area contributed by atoms with Gasteiger partial charge in [-0.3, -0.25) is 19.5 Å². The van der Waals surface area contributed by atoms with Crippen LogP contribution in [0.5, 0.6) is 0 Å². The lowest BCUT2D eigenvalue weighted by Crippen LogP contribution is -2.40. The van der Waals surface area contributed by atoms with Gasteiger partial charge in [0.15, 0.2) is 5.16 Å². The number of carbonyl (C=O) groups excluding carboxylic acids is 2. The van der Waals surface area contributed by atoms with Gasteiger partial charge < -0.3 is 5.32 Å². The molecule has 3 rings (SSSR count). The highest BCUT2D eigenvalue weighted by atomic mass is 32.2. The summed E-state index contributed by atoms with van der Waals surface area (Å²) in [5.74, 6) is -0.536. The number of hydrogen-bond acceptors (Lipinski definition) is 5. The Labute approximate surface area is 178 Å². The van der Waals surface area contributed by atoms with Crippen LogP contribution in [0.15, 0.2) is 71.1 Å². The Bertz CT molecular complexity index is 1140. The van der Waals surface area contributed by atoms with Gasteiger partial charge in [-0.1, -0.05) is 59.8 Å². The van der Waals surface area contributed by atoms with Crippen LogP contribution in [0.1, 0.15) is 11.1 Å². The smallest absolute Gasteiger partial charge is 0.321 e. The van der Waals surface area contributed by atoms with Crippen molar-refractivity contribution in [1.82, 2.24) is 20.2 Å². The molecule has 2 aromatic carbocycles. The fraction of sp³-hybridized carbons (Fsp3) is 0.182. The maximum atomic E-state index is 13.1. The summed E-state index contributed by atoms with van der Waals surface area (Å²) >= 11 is 1.11. The van der Waals surface area contributed by atoms with Crippen molar-refractivity contribution in [2.24, 2.45) is 0 Å². The Morgan fingerprint density at radius 3 is 2.63 bits per heavy atom. The van der Waals surface area contributed by atoms with Crippen molar-refractivity contribution >= 4 is 34.6 Å². The topological polar surface area (TPSA) is 93.1 Å². The molecule has 154 valence electrons. The number of urea groups is 1. The van der Waals surface area contributed by atoms with Gasteiger partial charge >= 0.3 is 6.03 Å². The molecule has 0 aliphatic heterocycles. The second-order valence-corrected chi connectivity index (χ2v) is 7.57. The molecule has 0 saturated carbocycles. The van der Waals surface area contributed by atoms with Gasteiger partial charge in [-0.15, -0.1) is 6.58 Å². The number of benzene rings is 2. The summed E-state index contributed by atoms with van der Waals surface area (Å²) in [6.45, 7) is 6.09. The lowest BCUT2D eigenvalue weighted by molar-refractivity contribution is -0.117. The predicted molar refractivity (Wildman–Crippen MR) is 119 cm³/mol. The number of amides is 3. The molecular formula is C22H22N4O3S. The van der Waals surface area contributed by atoms with Gasteiger partial charge in [0, 0.05) is 6.54 Å². The van der Waals surface area contributed by atoms with Crippen molar-refractivity contribution in [2.75, 3.05) is 12.3 Å². The number of hydrogen-bond donors (Lipinski definition) is 2. The van der Waals surface area contributed by atoms with Crippen LogP contribution >= 0.6 is 11.8 Å². The highest BCUT2D eigenvalue weighted by Gasteiger charge is 2.14. The van der Waals surface area contributed by atoms with Gasteiger partial charge in [0.1, 0.15) is 0 Å². The largest absolute Gasteiger partial charge is 0.334 e. The predicted octanol–water partition coefficient (Wildman–Crippen LogP) is 2.86. The fourth-order valence-corrected chi connectivity index (χ4v) is 3.57. The zero-order chi connectivity index (χ0) is 21.5. The highest BCUT2D eigenvalue weighted by molar-refractivity contribution is 7.99. The van der Waals surface area contributed by atoms with Gasteiger partial charge in [-0.2, -0.15) is 0 Å². The molecule has 8 heteroatoms. The van der Waals surface area contributed by atoms with Crippen molar-refractivity contribution in [3.63, 3.8) is 0 Å². The van der Waals surface area contributed by atoms with E-state index < -0.39 is 11.9 Å². The van der Waals surface area contributed by atoms with E-state index in [0.717, 1.165) is 22.9 Å². The highest BCUT2D eigenvalue weighted by Crippen LogP contribution is 2.19. The summed E-state index contributed by atoms with van der Waals surface area (Å²) in [4.78, 5) is 41.4. The van der Waals surface area contributed by atoms with E-state index in [0.29, 0.717) is 22.6 Å². The Morgan fingerprint density at radius 1 is 1.17 bits per heavy atom. The Morgan fingerprint density at radius 2 is 1.90 bits per heavy atom. The molecule has 0 radical (unpaired) electrons. The Hall–Kier alpha value is -3.39. The van der Waals surface area contributed by atoms with E-state index in [1.54, 1.807) is 22.8 Å². The third kappa shape index (κ3) is 5.36. The minimum atomic E-state index is -0.594. The molecule has 0 saturated heterocycles. The van der Waals surface area contributed by atoms with Crippen molar-refractivity contribution in [3.05, 3.63) is 82.7 Å². The third-order valence-electron chi connectivity index (χ3n) is 4.28. The number of fused-ring (bicyclic) bond motifs is 1. The summed E-state index contributed by atoms with van der Waals surface area (Å²) in [6, 6.07) is 14.4. The number of rotatable bonds is 7. The second kappa shape index (κ2) is 9.89. The lowest BCUT2D eigenvalue weighted by atomic mass is 10.1. The number of carbonyl (C=O) groups is 2. The number of nitrogens with zero attached hydrogens (tertiary/aromatic N) is 2. The van der Waals surface area contributed by atoms with E-state index in [1.807, 2.05) is 37.3 Å². The van der Waals surface area contributed by atoms with Crippen molar-refractivity contribution in [1.29, 1.82) is 0 Å². The molecule has 0 aliphatic carbocycles. The van der Waals surface area contributed by atoms with Crippen LogP contribution in [-0.2, 0) is 11.3 Å². The van der Waals surface area contributed by atoms with E-state index in [2.05, 4.69) is 22.2 Å². The maximum absolute atomic E-state index is 13.1. The van der Waals surface area contributed by atoms with Crippen LogP contribution in [0.4, 0.5) is 4.79 Å². The fourth-order valence-electron chi connectivity index (χ4n) is 2.78. The molecule has 0 atom stereocenters. The Balaban J connectivity index is 1.85. The molecule has 0 spiro atoms. The molecule has 3 amide bonds. The summed E-state index contributed by atoms with van der Waals surface area (Å²) in [7, 11) is 0. The molecule has 2 N–H and O–H groups in total. The van der Waals surface area contributed by atoms with Crippen molar-refractivity contribution in [2.45, 2.75) is 18.6 Å².